The Hall–Kier alpha value is -0.160. The van der Waals surface area contributed by atoms with Crippen LogP contribution in [0.15, 0.2) is 0 Å². The maximum Gasteiger partial charge on any atom is 0.151 e. The molecule has 0 bridgehead atoms. The topological polar surface area (TPSA) is 80.9 Å². The van der Waals surface area contributed by atoms with Crippen molar-refractivity contribution in [2.45, 2.75) is 84.0 Å². The molecule has 0 radical (unpaired) electrons. The summed E-state index contributed by atoms with van der Waals surface area (Å²) in [4.78, 5) is 0. The summed E-state index contributed by atoms with van der Waals surface area (Å²) in [5.74, 6) is 0. The molecule has 0 aliphatic heterocycles. The molecule has 0 saturated heterocycles. The second-order valence-electron chi connectivity index (χ2n) is 4.66. The lowest BCUT2D eigenvalue weighted by molar-refractivity contribution is -0.0453. The molecule has 18 heavy (non-hydrogen) atoms. The minimum absolute atomic E-state index is 0.0883. The smallest absolute Gasteiger partial charge is 0.151 e. The van der Waals surface area contributed by atoms with Crippen LogP contribution in [0.4, 0.5) is 0 Å². The fourth-order valence-corrected chi connectivity index (χ4v) is 1.51. The van der Waals surface area contributed by atoms with Crippen LogP contribution in [0.2, 0.25) is 0 Å². The van der Waals surface area contributed by atoms with Gasteiger partial charge in [0.1, 0.15) is 0 Å². The van der Waals surface area contributed by atoms with Crippen LogP contribution in [0, 0.1) is 0 Å². The Balaban J connectivity index is 0. The van der Waals surface area contributed by atoms with Gasteiger partial charge in [0.25, 0.3) is 0 Å². The molecule has 0 heterocycles. The zero-order chi connectivity index (χ0) is 14.2. The highest BCUT2D eigenvalue weighted by Gasteiger charge is 1.99. The minimum Gasteiger partial charge on any atom is -0.394 e. The molecule has 4 heteroatoms. The Bertz CT molecular complexity index is 140. The summed E-state index contributed by atoms with van der Waals surface area (Å²) in [5, 5.41) is 33.8. The number of aliphatic hydroxyl groups is 4. The summed E-state index contributed by atoms with van der Waals surface area (Å²) < 4.78 is 0. The van der Waals surface area contributed by atoms with Gasteiger partial charge in [-0.1, -0.05) is 58.8 Å². The predicted molar refractivity (Wildman–Crippen MR) is 74.2 cm³/mol. The highest BCUT2D eigenvalue weighted by molar-refractivity contribution is 4.53. The van der Waals surface area contributed by atoms with Crippen LogP contribution in [-0.2, 0) is 0 Å². The summed E-state index contributed by atoms with van der Waals surface area (Å²) in [6.45, 7) is 4.02. The predicted octanol–water partition coefficient (Wildman–Crippen LogP) is 2.19. The van der Waals surface area contributed by atoms with Crippen molar-refractivity contribution in [2.24, 2.45) is 0 Å². The van der Waals surface area contributed by atoms with E-state index in [0.717, 1.165) is 19.3 Å². The van der Waals surface area contributed by atoms with Crippen molar-refractivity contribution in [1.29, 1.82) is 0 Å². The van der Waals surface area contributed by atoms with Crippen molar-refractivity contribution in [3.8, 4) is 0 Å². The maximum atomic E-state index is 9.01. The van der Waals surface area contributed by atoms with Crippen LogP contribution in [0.3, 0.4) is 0 Å². The zero-order valence-electron chi connectivity index (χ0n) is 12.0. The van der Waals surface area contributed by atoms with Crippen LogP contribution >= 0.6 is 0 Å². The standard InChI is InChI=1S/C10H22O2.C4H10O2/c1-2-3-4-5-6-7-8-10(12)9-11;1-2-3-4(5)6/h10-12H,2-9H2,1H3;4-6H,2-3H2,1H3. The van der Waals surface area contributed by atoms with E-state index in [1.807, 2.05) is 6.92 Å². The van der Waals surface area contributed by atoms with Gasteiger partial charge in [-0.15, -0.1) is 0 Å². The van der Waals surface area contributed by atoms with Gasteiger partial charge < -0.3 is 20.4 Å². The van der Waals surface area contributed by atoms with Crippen molar-refractivity contribution in [3.05, 3.63) is 0 Å². The number of rotatable bonds is 10. The van der Waals surface area contributed by atoms with Gasteiger partial charge in [-0.25, -0.2) is 0 Å². The Morgan fingerprint density at radius 2 is 1.28 bits per heavy atom. The van der Waals surface area contributed by atoms with Crippen molar-refractivity contribution in [1.82, 2.24) is 0 Å². The van der Waals surface area contributed by atoms with Gasteiger partial charge in [-0.3, -0.25) is 0 Å². The Kier molecular flexibility index (Phi) is 18.9. The first-order chi connectivity index (χ1) is 8.58. The molecule has 0 rings (SSSR count). The van der Waals surface area contributed by atoms with Crippen molar-refractivity contribution in [2.75, 3.05) is 6.61 Å². The molecule has 1 atom stereocenters. The zero-order valence-corrected chi connectivity index (χ0v) is 12.0. The van der Waals surface area contributed by atoms with Crippen LogP contribution in [0.1, 0.15) is 71.6 Å². The molecule has 0 aliphatic carbocycles. The molecule has 0 saturated carbocycles. The van der Waals surface area contributed by atoms with Gasteiger partial charge in [-0.05, 0) is 12.8 Å². The number of aliphatic hydroxyl groups excluding tert-OH is 3. The van der Waals surface area contributed by atoms with E-state index in [4.69, 9.17) is 20.4 Å². The Morgan fingerprint density at radius 3 is 1.67 bits per heavy atom. The monoisotopic (exact) mass is 264 g/mol. The van der Waals surface area contributed by atoms with Crippen molar-refractivity contribution < 1.29 is 20.4 Å². The molecular formula is C14H32O4. The van der Waals surface area contributed by atoms with Gasteiger partial charge >= 0.3 is 0 Å². The summed E-state index contributed by atoms with van der Waals surface area (Å²) in [6.07, 6.45) is 7.90. The van der Waals surface area contributed by atoms with E-state index in [2.05, 4.69) is 6.92 Å². The van der Waals surface area contributed by atoms with Gasteiger partial charge in [-0.2, -0.15) is 0 Å². The van der Waals surface area contributed by atoms with E-state index in [1.54, 1.807) is 0 Å². The fourth-order valence-electron chi connectivity index (χ4n) is 1.51. The van der Waals surface area contributed by atoms with Crippen molar-refractivity contribution in [3.63, 3.8) is 0 Å². The number of hydrogen-bond donors (Lipinski definition) is 4. The first-order valence-corrected chi connectivity index (χ1v) is 7.23. The molecule has 4 nitrogen and oxygen atoms in total. The quantitative estimate of drug-likeness (QED) is 0.360. The molecule has 0 aromatic rings. The average molecular weight is 264 g/mol. The highest BCUT2D eigenvalue weighted by atomic mass is 16.5. The minimum atomic E-state index is -1.10. The van der Waals surface area contributed by atoms with E-state index in [1.165, 1.54) is 32.1 Å². The fraction of sp³-hybridized carbons (Fsp3) is 1.00. The lowest BCUT2D eigenvalue weighted by Gasteiger charge is -2.05. The van der Waals surface area contributed by atoms with Gasteiger partial charge in [0.2, 0.25) is 0 Å². The number of unbranched alkanes of at least 4 members (excludes halogenated alkanes) is 5. The molecule has 0 amide bonds. The molecule has 0 aromatic heterocycles. The summed E-state index contributed by atoms with van der Waals surface area (Å²) in [6, 6.07) is 0. The van der Waals surface area contributed by atoms with Gasteiger partial charge in [0.15, 0.2) is 6.29 Å². The SMILES string of the molecule is CCCC(O)O.CCCCCCCCC(O)CO. The molecular weight excluding hydrogens is 232 g/mol. The molecule has 0 spiro atoms. The van der Waals surface area contributed by atoms with Crippen LogP contribution in [0.5, 0.6) is 0 Å². The van der Waals surface area contributed by atoms with Crippen LogP contribution < -0.4 is 0 Å². The number of hydrogen-bond acceptors (Lipinski definition) is 4. The molecule has 0 fully saturated rings. The normalized spacial score (nSPS) is 12.2. The van der Waals surface area contributed by atoms with E-state index in [0.29, 0.717) is 6.42 Å². The maximum absolute atomic E-state index is 9.01. The lowest BCUT2D eigenvalue weighted by Crippen LogP contribution is -2.10. The molecule has 0 aliphatic rings. The van der Waals surface area contributed by atoms with Crippen LogP contribution in [-0.4, -0.2) is 39.4 Å². The van der Waals surface area contributed by atoms with E-state index in [-0.39, 0.29) is 6.61 Å². The summed E-state index contributed by atoms with van der Waals surface area (Å²) in [7, 11) is 0. The summed E-state index contributed by atoms with van der Waals surface area (Å²) in [5.41, 5.74) is 0. The third-order valence-electron chi connectivity index (χ3n) is 2.65. The lowest BCUT2D eigenvalue weighted by atomic mass is 10.1. The molecule has 112 valence electrons. The third kappa shape index (κ3) is 21.2. The van der Waals surface area contributed by atoms with Gasteiger partial charge in [0.05, 0.1) is 12.7 Å². The average Bonchev–Trinajstić information content (AvgIpc) is 2.34. The molecule has 0 aromatic carbocycles. The molecule has 1 unspecified atom stereocenters. The highest BCUT2D eigenvalue weighted by Crippen LogP contribution is 2.08. The first kappa shape index (κ1) is 20.2. The Morgan fingerprint density at radius 1 is 0.722 bits per heavy atom. The largest absolute Gasteiger partial charge is 0.394 e. The van der Waals surface area contributed by atoms with Crippen molar-refractivity contribution >= 4 is 0 Å². The van der Waals surface area contributed by atoms with E-state index < -0.39 is 12.4 Å². The second-order valence-corrected chi connectivity index (χ2v) is 4.66. The van der Waals surface area contributed by atoms with E-state index >= 15 is 0 Å². The third-order valence-corrected chi connectivity index (χ3v) is 2.65. The first-order valence-electron chi connectivity index (χ1n) is 7.23. The Labute approximate surface area is 112 Å². The second kappa shape index (κ2) is 16.8. The van der Waals surface area contributed by atoms with Gasteiger partial charge in [0, 0.05) is 0 Å². The molecule has 4 N–H and O–H groups in total. The summed E-state index contributed by atoms with van der Waals surface area (Å²) >= 11 is 0. The van der Waals surface area contributed by atoms with E-state index in [9.17, 15) is 0 Å². The van der Waals surface area contributed by atoms with Crippen LogP contribution in [0.25, 0.3) is 0 Å².